The van der Waals surface area contributed by atoms with Crippen LogP contribution in [0, 0.1) is 6.92 Å². The Morgan fingerprint density at radius 3 is 2.46 bits per heavy atom. The van der Waals surface area contributed by atoms with Gasteiger partial charge in [-0.2, -0.15) is 0 Å². The van der Waals surface area contributed by atoms with Crippen LogP contribution < -0.4 is 5.32 Å². The minimum atomic E-state index is -0.0505. The van der Waals surface area contributed by atoms with Crippen LogP contribution in [-0.4, -0.2) is 24.0 Å². The highest BCUT2D eigenvalue weighted by molar-refractivity contribution is 5.83. The predicted octanol–water partition coefficient (Wildman–Crippen LogP) is 4.20. The largest absolute Gasteiger partial charge is 0.394 e. The molecule has 0 amide bonds. The third-order valence-electron chi connectivity index (χ3n) is 3.87. The van der Waals surface area contributed by atoms with Crippen LogP contribution in [0.15, 0.2) is 48.5 Å². The van der Waals surface area contributed by atoms with Crippen LogP contribution in [0.4, 0.5) is 0 Å². The number of aliphatic hydroxyl groups is 1. The van der Waals surface area contributed by atoms with Gasteiger partial charge in [-0.15, -0.1) is 0 Å². The lowest BCUT2D eigenvalue weighted by Gasteiger charge is -2.18. The van der Waals surface area contributed by atoms with E-state index in [1.165, 1.54) is 5.56 Å². The summed E-state index contributed by atoms with van der Waals surface area (Å²) in [6, 6.07) is 14.1. The van der Waals surface area contributed by atoms with E-state index >= 15 is 0 Å². The molecular formula is C21H25NO2. The van der Waals surface area contributed by atoms with E-state index < -0.39 is 0 Å². The first kappa shape index (κ1) is 18.0. The Labute approximate surface area is 144 Å². The molecular weight excluding hydrogens is 298 g/mol. The summed E-state index contributed by atoms with van der Waals surface area (Å²) in [7, 11) is 0. The summed E-state index contributed by atoms with van der Waals surface area (Å²) in [6.45, 7) is 6.10. The molecule has 2 aromatic rings. The average Bonchev–Trinajstić information content (AvgIpc) is 2.61. The molecule has 1 atom stereocenters. The number of aliphatic hydroxyl groups excluding tert-OH is 1. The number of benzene rings is 2. The molecule has 1 unspecified atom stereocenters. The third-order valence-corrected chi connectivity index (χ3v) is 3.87. The molecule has 3 heteroatoms. The molecule has 0 saturated carbocycles. The van der Waals surface area contributed by atoms with Gasteiger partial charge in [0.1, 0.15) is 6.29 Å². The topological polar surface area (TPSA) is 49.3 Å². The number of carbonyl (C=O) groups excluding carboxylic acids is 1. The highest BCUT2D eigenvalue weighted by Crippen LogP contribution is 2.25. The molecule has 0 aromatic heterocycles. The van der Waals surface area contributed by atoms with Crippen LogP contribution in [-0.2, 0) is 0 Å². The van der Waals surface area contributed by atoms with Crippen LogP contribution in [0.3, 0.4) is 0 Å². The maximum Gasteiger partial charge on any atom is 0.150 e. The van der Waals surface area contributed by atoms with E-state index in [1.54, 1.807) is 0 Å². The van der Waals surface area contributed by atoms with Crippen molar-refractivity contribution in [3.05, 3.63) is 65.2 Å². The molecule has 2 rings (SSSR count). The van der Waals surface area contributed by atoms with Crippen molar-refractivity contribution in [1.29, 1.82) is 0 Å². The Kier molecular flexibility index (Phi) is 6.33. The summed E-state index contributed by atoms with van der Waals surface area (Å²) in [5, 5.41) is 12.6. The summed E-state index contributed by atoms with van der Waals surface area (Å²) < 4.78 is 0. The average molecular weight is 323 g/mol. The number of hydrogen-bond acceptors (Lipinski definition) is 3. The Morgan fingerprint density at radius 2 is 1.88 bits per heavy atom. The first-order chi connectivity index (χ1) is 11.6. The Balaban J connectivity index is 2.49. The van der Waals surface area contributed by atoms with Gasteiger partial charge < -0.3 is 10.4 Å². The number of allylic oxidation sites excluding steroid dienone is 1. The standard InChI is InChI=1S/C21H25NO2/c1-4-5-21(22-16(3)13-23)20-11-17(14-24)10-19(12-20)18-8-6-15(2)7-9-18/h5-12,14,16,22-23H,4,13H2,1-3H3/b21-5+. The lowest BCUT2D eigenvalue weighted by molar-refractivity contribution is 0.112. The predicted molar refractivity (Wildman–Crippen MR) is 100.0 cm³/mol. The molecule has 0 saturated heterocycles. The fraction of sp³-hybridized carbons (Fsp3) is 0.286. The first-order valence-corrected chi connectivity index (χ1v) is 8.32. The van der Waals surface area contributed by atoms with E-state index in [0.29, 0.717) is 5.56 Å². The highest BCUT2D eigenvalue weighted by Gasteiger charge is 2.09. The van der Waals surface area contributed by atoms with E-state index in [-0.39, 0.29) is 12.6 Å². The zero-order valence-corrected chi connectivity index (χ0v) is 14.5. The summed E-state index contributed by atoms with van der Waals surface area (Å²) in [5.74, 6) is 0. The van der Waals surface area contributed by atoms with Gasteiger partial charge in [-0.1, -0.05) is 42.8 Å². The molecule has 3 nitrogen and oxygen atoms in total. The number of aldehydes is 1. The SMILES string of the molecule is CC/C=C(/NC(C)CO)c1cc(C=O)cc(-c2ccc(C)cc2)c1. The van der Waals surface area contributed by atoms with E-state index in [4.69, 9.17) is 0 Å². The maximum absolute atomic E-state index is 11.4. The molecule has 0 aliphatic rings. The van der Waals surface area contributed by atoms with Gasteiger partial charge in [0.2, 0.25) is 0 Å². The molecule has 126 valence electrons. The Hall–Kier alpha value is -2.39. The van der Waals surface area contributed by atoms with Crippen LogP contribution in [0.1, 0.15) is 41.8 Å². The van der Waals surface area contributed by atoms with Crippen molar-refractivity contribution in [2.75, 3.05) is 6.61 Å². The molecule has 2 N–H and O–H groups in total. The summed E-state index contributed by atoms with van der Waals surface area (Å²) >= 11 is 0. The second-order valence-corrected chi connectivity index (χ2v) is 6.08. The Bertz CT molecular complexity index is 717. The molecule has 0 heterocycles. The quantitative estimate of drug-likeness (QED) is 0.751. The third kappa shape index (κ3) is 4.56. The maximum atomic E-state index is 11.4. The van der Waals surface area contributed by atoms with Crippen LogP contribution in [0.25, 0.3) is 16.8 Å². The fourth-order valence-corrected chi connectivity index (χ4v) is 2.56. The second kappa shape index (κ2) is 8.46. The molecule has 0 aliphatic heterocycles. The summed E-state index contributed by atoms with van der Waals surface area (Å²) in [4.78, 5) is 11.4. The van der Waals surface area contributed by atoms with Crippen molar-refractivity contribution in [3.8, 4) is 11.1 Å². The molecule has 0 aliphatic carbocycles. The van der Waals surface area contributed by atoms with Gasteiger partial charge in [-0.3, -0.25) is 4.79 Å². The minimum Gasteiger partial charge on any atom is -0.394 e. The van der Waals surface area contributed by atoms with Crippen LogP contribution in [0.2, 0.25) is 0 Å². The molecule has 2 aromatic carbocycles. The normalized spacial score (nSPS) is 12.8. The number of carbonyl (C=O) groups is 1. The minimum absolute atomic E-state index is 0.0505. The number of nitrogens with one attached hydrogen (secondary N) is 1. The van der Waals surface area contributed by atoms with Gasteiger partial charge in [0, 0.05) is 17.3 Å². The molecule has 0 bridgehead atoms. The van der Waals surface area contributed by atoms with E-state index in [2.05, 4.69) is 55.6 Å². The van der Waals surface area contributed by atoms with Gasteiger partial charge >= 0.3 is 0 Å². The van der Waals surface area contributed by atoms with Crippen LogP contribution >= 0.6 is 0 Å². The zero-order chi connectivity index (χ0) is 17.5. The van der Waals surface area contributed by atoms with Gasteiger partial charge in [0.15, 0.2) is 0 Å². The van der Waals surface area contributed by atoms with Crippen molar-refractivity contribution >= 4 is 12.0 Å². The monoisotopic (exact) mass is 323 g/mol. The van der Waals surface area contributed by atoms with Crippen LogP contribution in [0.5, 0.6) is 0 Å². The number of hydrogen-bond donors (Lipinski definition) is 2. The van der Waals surface area contributed by atoms with Crippen molar-refractivity contribution in [2.24, 2.45) is 0 Å². The van der Waals surface area contributed by atoms with Gasteiger partial charge in [-0.05, 0) is 55.2 Å². The van der Waals surface area contributed by atoms with Crippen molar-refractivity contribution < 1.29 is 9.90 Å². The summed E-state index contributed by atoms with van der Waals surface area (Å²) in [6.07, 6.45) is 3.82. The van der Waals surface area contributed by atoms with Crippen molar-refractivity contribution in [2.45, 2.75) is 33.2 Å². The molecule has 0 radical (unpaired) electrons. The highest BCUT2D eigenvalue weighted by atomic mass is 16.3. The van der Waals surface area contributed by atoms with Crippen molar-refractivity contribution in [1.82, 2.24) is 5.32 Å². The van der Waals surface area contributed by atoms with E-state index in [9.17, 15) is 9.90 Å². The van der Waals surface area contributed by atoms with Gasteiger partial charge in [0.25, 0.3) is 0 Å². The molecule has 0 fully saturated rings. The Morgan fingerprint density at radius 1 is 1.17 bits per heavy atom. The molecule has 24 heavy (non-hydrogen) atoms. The fourth-order valence-electron chi connectivity index (χ4n) is 2.56. The van der Waals surface area contributed by atoms with E-state index in [0.717, 1.165) is 35.1 Å². The van der Waals surface area contributed by atoms with E-state index in [1.807, 2.05) is 19.1 Å². The number of rotatable bonds is 7. The number of aryl methyl sites for hydroxylation is 1. The van der Waals surface area contributed by atoms with Gasteiger partial charge in [-0.25, -0.2) is 0 Å². The summed E-state index contributed by atoms with van der Waals surface area (Å²) in [5.41, 5.74) is 5.83. The smallest absolute Gasteiger partial charge is 0.150 e. The first-order valence-electron chi connectivity index (χ1n) is 8.32. The zero-order valence-electron chi connectivity index (χ0n) is 14.5. The lowest BCUT2D eigenvalue weighted by atomic mass is 9.97. The lowest BCUT2D eigenvalue weighted by Crippen LogP contribution is -2.28. The molecule has 0 spiro atoms. The van der Waals surface area contributed by atoms with Crippen molar-refractivity contribution in [3.63, 3.8) is 0 Å². The second-order valence-electron chi connectivity index (χ2n) is 6.08. The van der Waals surface area contributed by atoms with Gasteiger partial charge in [0.05, 0.1) is 6.61 Å².